The van der Waals surface area contributed by atoms with Gasteiger partial charge in [-0.2, -0.15) is 5.26 Å². The van der Waals surface area contributed by atoms with E-state index in [1.54, 1.807) is 6.07 Å². The van der Waals surface area contributed by atoms with E-state index in [0.717, 1.165) is 30.8 Å². The molecule has 2 aliphatic rings. The Hall–Kier alpha value is -2.02. The molecule has 0 saturated carbocycles. The number of hydrogen-bond donors (Lipinski definition) is 1. The molecule has 2 aliphatic heterocycles. The summed E-state index contributed by atoms with van der Waals surface area (Å²) in [5, 5.41) is 11.9. The molecule has 92 valence electrons. The molecule has 2 atom stereocenters. The number of carbonyl (C=O) groups excluding carboxylic acids is 1. The predicted molar refractivity (Wildman–Crippen MR) is 69.3 cm³/mol. The van der Waals surface area contributed by atoms with Crippen molar-refractivity contribution in [1.29, 1.82) is 5.26 Å². The Bertz CT molecular complexity index is 546. The van der Waals surface area contributed by atoms with Crippen molar-refractivity contribution in [3.05, 3.63) is 23.8 Å². The highest BCUT2D eigenvalue weighted by molar-refractivity contribution is 6.03. The van der Waals surface area contributed by atoms with Crippen molar-refractivity contribution in [2.45, 2.75) is 25.8 Å². The highest BCUT2D eigenvalue weighted by atomic mass is 16.2. The number of anilines is 2. The third-order valence-electron chi connectivity index (χ3n) is 3.86. The molecule has 4 heteroatoms. The van der Waals surface area contributed by atoms with E-state index in [1.165, 1.54) is 0 Å². The lowest BCUT2D eigenvalue weighted by atomic mass is 9.89. The Labute approximate surface area is 106 Å². The van der Waals surface area contributed by atoms with Gasteiger partial charge in [0.25, 0.3) is 0 Å². The average molecular weight is 241 g/mol. The van der Waals surface area contributed by atoms with Crippen LogP contribution >= 0.6 is 0 Å². The smallest absolute Gasteiger partial charge is 0.247 e. The van der Waals surface area contributed by atoms with Gasteiger partial charge in [-0.15, -0.1) is 0 Å². The number of amides is 1. The number of nitriles is 1. The second-order valence-electron chi connectivity index (χ2n) is 5.17. The zero-order valence-corrected chi connectivity index (χ0v) is 10.3. The van der Waals surface area contributed by atoms with Crippen molar-refractivity contribution >= 4 is 17.3 Å². The predicted octanol–water partition coefficient (Wildman–Crippen LogP) is 2.12. The summed E-state index contributed by atoms with van der Waals surface area (Å²) in [6.45, 7) is 3.08. The van der Waals surface area contributed by atoms with Crippen molar-refractivity contribution in [3.8, 4) is 6.07 Å². The van der Waals surface area contributed by atoms with Crippen LogP contribution in [0.2, 0.25) is 0 Å². The van der Waals surface area contributed by atoms with Crippen LogP contribution in [-0.2, 0) is 4.79 Å². The summed E-state index contributed by atoms with van der Waals surface area (Å²) in [6, 6.07) is 7.51. The Balaban J connectivity index is 2.04. The fourth-order valence-corrected chi connectivity index (χ4v) is 2.84. The zero-order valence-electron chi connectivity index (χ0n) is 10.3. The third-order valence-corrected chi connectivity index (χ3v) is 3.86. The zero-order chi connectivity index (χ0) is 12.7. The van der Waals surface area contributed by atoms with E-state index in [0.29, 0.717) is 11.5 Å². The second-order valence-corrected chi connectivity index (χ2v) is 5.17. The lowest BCUT2D eigenvalue weighted by Crippen LogP contribution is -2.52. The monoisotopic (exact) mass is 241 g/mol. The first-order valence-electron chi connectivity index (χ1n) is 6.30. The van der Waals surface area contributed by atoms with E-state index < -0.39 is 0 Å². The fraction of sp³-hybridized carbons (Fsp3) is 0.429. The lowest BCUT2D eigenvalue weighted by molar-refractivity contribution is -0.118. The maximum absolute atomic E-state index is 12.1. The lowest BCUT2D eigenvalue weighted by Gasteiger charge is -2.43. The molecule has 0 radical (unpaired) electrons. The van der Waals surface area contributed by atoms with Gasteiger partial charge in [0, 0.05) is 6.54 Å². The summed E-state index contributed by atoms with van der Waals surface area (Å²) < 4.78 is 0. The van der Waals surface area contributed by atoms with Gasteiger partial charge in [-0.1, -0.05) is 6.92 Å². The van der Waals surface area contributed by atoms with Gasteiger partial charge in [-0.05, 0) is 37.0 Å². The van der Waals surface area contributed by atoms with Gasteiger partial charge in [0.2, 0.25) is 5.91 Å². The van der Waals surface area contributed by atoms with E-state index in [1.807, 2.05) is 12.1 Å². The van der Waals surface area contributed by atoms with E-state index in [4.69, 9.17) is 5.26 Å². The van der Waals surface area contributed by atoms with Crippen molar-refractivity contribution < 1.29 is 4.79 Å². The first-order valence-corrected chi connectivity index (χ1v) is 6.30. The Morgan fingerprint density at radius 2 is 2.33 bits per heavy atom. The van der Waals surface area contributed by atoms with Crippen LogP contribution in [0.4, 0.5) is 11.4 Å². The molecule has 18 heavy (non-hydrogen) atoms. The second kappa shape index (κ2) is 4.02. The summed E-state index contributed by atoms with van der Waals surface area (Å²) >= 11 is 0. The molecule has 0 aliphatic carbocycles. The fourth-order valence-electron chi connectivity index (χ4n) is 2.84. The number of piperidine rings is 1. The van der Waals surface area contributed by atoms with Gasteiger partial charge in [0.15, 0.2) is 0 Å². The summed E-state index contributed by atoms with van der Waals surface area (Å²) in [4.78, 5) is 14.2. The normalized spacial score (nSPS) is 25.8. The van der Waals surface area contributed by atoms with Gasteiger partial charge in [-0.25, -0.2) is 0 Å². The molecule has 4 nitrogen and oxygen atoms in total. The number of nitrogens with zero attached hydrogens (tertiary/aromatic N) is 2. The largest absolute Gasteiger partial charge is 0.358 e. The molecule has 1 aromatic rings. The van der Waals surface area contributed by atoms with Crippen molar-refractivity contribution in [1.82, 2.24) is 0 Å². The molecule has 3 rings (SSSR count). The van der Waals surface area contributed by atoms with Crippen LogP contribution in [0, 0.1) is 17.2 Å². The van der Waals surface area contributed by atoms with Gasteiger partial charge >= 0.3 is 0 Å². The van der Waals surface area contributed by atoms with Crippen LogP contribution < -0.4 is 10.2 Å². The number of hydrogen-bond acceptors (Lipinski definition) is 3. The van der Waals surface area contributed by atoms with Gasteiger partial charge < -0.3 is 10.2 Å². The van der Waals surface area contributed by atoms with Crippen LogP contribution in [0.5, 0.6) is 0 Å². The minimum atomic E-state index is -0.0739. The van der Waals surface area contributed by atoms with Gasteiger partial charge in [0.1, 0.15) is 6.04 Å². The maximum Gasteiger partial charge on any atom is 0.247 e. The molecule has 1 aromatic carbocycles. The van der Waals surface area contributed by atoms with Crippen molar-refractivity contribution in [2.24, 2.45) is 5.92 Å². The summed E-state index contributed by atoms with van der Waals surface area (Å²) in [5.74, 6) is 0.663. The Morgan fingerprint density at radius 1 is 1.50 bits per heavy atom. The molecule has 0 aromatic heterocycles. The molecule has 2 heterocycles. The molecule has 0 spiro atoms. The average Bonchev–Trinajstić information content (AvgIpc) is 2.39. The number of benzene rings is 1. The van der Waals surface area contributed by atoms with E-state index in [2.05, 4.69) is 23.2 Å². The Kier molecular flexibility index (Phi) is 2.48. The van der Waals surface area contributed by atoms with Crippen molar-refractivity contribution in [2.75, 3.05) is 16.8 Å². The number of fused-ring (bicyclic) bond motifs is 3. The number of carbonyl (C=O) groups is 1. The minimum absolute atomic E-state index is 0.0739. The molecular weight excluding hydrogens is 226 g/mol. The van der Waals surface area contributed by atoms with Crippen LogP contribution in [0.3, 0.4) is 0 Å². The molecule has 1 amide bonds. The maximum atomic E-state index is 12.1. The van der Waals surface area contributed by atoms with E-state index in [9.17, 15) is 4.79 Å². The Morgan fingerprint density at radius 3 is 3.11 bits per heavy atom. The molecule has 0 bridgehead atoms. The highest BCUT2D eigenvalue weighted by Gasteiger charge is 2.36. The molecule has 1 fully saturated rings. The first-order chi connectivity index (χ1) is 8.69. The summed E-state index contributed by atoms with van der Waals surface area (Å²) in [5.41, 5.74) is 2.46. The molecule has 1 saturated heterocycles. The highest BCUT2D eigenvalue weighted by Crippen LogP contribution is 2.37. The summed E-state index contributed by atoms with van der Waals surface area (Å²) in [7, 11) is 0. The van der Waals surface area contributed by atoms with Crippen LogP contribution in [-0.4, -0.2) is 18.5 Å². The standard InChI is InChI=1S/C14H15N3O/c1-9-4-5-17-12-7-10(8-15)2-3-11(12)16-14(18)13(17)6-9/h2-3,7,9,13H,4-6H2,1H3,(H,16,18). The minimum Gasteiger partial charge on any atom is -0.358 e. The molecular formula is C14H15N3O. The first kappa shape index (κ1) is 11.1. The molecule has 1 N–H and O–H groups in total. The topological polar surface area (TPSA) is 56.1 Å². The third kappa shape index (κ3) is 1.63. The quantitative estimate of drug-likeness (QED) is 0.757. The number of rotatable bonds is 0. The SMILES string of the molecule is CC1CCN2c3cc(C#N)ccc3NC(=O)C2C1. The van der Waals surface area contributed by atoms with Gasteiger partial charge in [0.05, 0.1) is 23.0 Å². The van der Waals surface area contributed by atoms with Gasteiger partial charge in [-0.3, -0.25) is 4.79 Å². The molecule has 2 unspecified atom stereocenters. The summed E-state index contributed by atoms with van der Waals surface area (Å²) in [6.07, 6.45) is 1.99. The van der Waals surface area contributed by atoms with E-state index >= 15 is 0 Å². The number of nitrogens with one attached hydrogen (secondary N) is 1. The van der Waals surface area contributed by atoms with Crippen LogP contribution in [0.25, 0.3) is 0 Å². The van der Waals surface area contributed by atoms with Crippen LogP contribution in [0.1, 0.15) is 25.3 Å². The van der Waals surface area contributed by atoms with Crippen LogP contribution in [0.15, 0.2) is 18.2 Å². The van der Waals surface area contributed by atoms with Crippen molar-refractivity contribution in [3.63, 3.8) is 0 Å². The van der Waals surface area contributed by atoms with E-state index in [-0.39, 0.29) is 11.9 Å².